The van der Waals surface area contributed by atoms with Gasteiger partial charge in [-0.2, -0.15) is 0 Å². The van der Waals surface area contributed by atoms with Crippen LogP contribution in [0.15, 0.2) is 28.7 Å². The van der Waals surface area contributed by atoms with Crippen molar-refractivity contribution >= 4 is 21.8 Å². The number of amides is 1. The van der Waals surface area contributed by atoms with Crippen LogP contribution in [0.2, 0.25) is 0 Å². The van der Waals surface area contributed by atoms with Gasteiger partial charge in [-0.25, -0.2) is 0 Å². The highest BCUT2D eigenvalue weighted by atomic mass is 79.9. The fourth-order valence-corrected chi connectivity index (χ4v) is 2.28. The second kappa shape index (κ2) is 8.27. The van der Waals surface area contributed by atoms with Gasteiger partial charge in [-0.05, 0) is 43.5 Å². The Labute approximate surface area is 117 Å². The maximum absolute atomic E-state index is 12.0. The number of nitrogens with one attached hydrogen (secondary N) is 1. The van der Waals surface area contributed by atoms with E-state index in [2.05, 4.69) is 33.4 Å². The third kappa shape index (κ3) is 5.19. The van der Waals surface area contributed by atoms with E-state index in [1.54, 1.807) is 0 Å². The quantitative estimate of drug-likeness (QED) is 0.760. The first-order chi connectivity index (χ1) is 8.67. The molecule has 1 aromatic rings. The van der Waals surface area contributed by atoms with Gasteiger partial charge in [0.05, 0.1) is 0 Å². The zero-order chi connectivity index (χ0) is 13.4. The molecule has 0 aliphatic heterocycles. The average Bonchev–Trinajstić information content (AvgIpc) is 2.36. The Morgan fingerprint density at radius 1 is 1.50 bits per heavy atom. The first-order valence-corrected chi connectivity index (χ1v) is 7.19. The molecule has 1 amide bonds. The first kappa shape index (κ1) is 15.2. The van der Waals surface area contributed by atoms with Crippen molar-refractivity contribution in [2.45, 2.75) is 26.2 Å². The van der Waals surface area contributed by atoms with Gasteiger partial charge >= 0.3 is 0 Å². The lowest BCUT2D eigenvalue weighted by atomic mass is 9.96. The molecular formula is C14H21BrN2O. The molecule has 0 aromatic heterocycles. The van der Waals surface area contributed by atoms with Crippen molar-refractivity contribution in [2.24, 2.45) is 11.7 Å². The molecule has 0 aliphatic carbocycles. The van der Waals surface area contributed by atoms with Crippen LogP contribution in [-0.2, 0) is 11.2 Å². The maximum atomic E-state index is 12.0. The normalized spacial score (nSPS) is 12.2. The Morgan fingerprint density at radius 3 is 2.89 bits per heavy atom. The third-order valence-electron chi connectivity index (χ3n) is 2.91. The lowest BCUT2D eigenvalue weighted by molar-refractivity contribution is -0.125. The molecule has 0 spiro atoms. The van der Waals surface area contributed by atoms with Crippen LogP contribution in [-0.4, -0.2) is 19.0 Å². The molecular weight excluding hydrogens is 292 g/mol. The van der Waals surface area contributed by atoms with Gasteiger partial charge in [-0.15, -0.1) is 0 Å². The van der Waals surface area contributed by atoms with Gasteiger partial charge in [0.25, 0.3) is 0 Å². The molecule has 1 rings (SSSR count). The molecule has 100 valence electrons. The zero-order valence-corrected chi connectivity index (χ0v) is 12.4. The molecule has 18 heavy (non-hydrogen) atoms. The molecule has 0 fully saturated rings. The second-order valence-electron chi connectivity index (χ2n) is 4.37. The minimum atomic E-state index is 0.0390. The van der Waals surface area contributed by atoms with Crippen LogP contribution >= 0.6 is 15.9 Å². The van der Waals surface area contributed by atoms with Crippen LogP contribution in [0.4, 0.5) is 0 Å². The van der Waals surface area contributed by atoms with Crippen molar-refractivity contribution in [3.05, 3.63) is 34.3 Å². The SMILES string of the molecule is CCC(Cc1cccc(Br)c1)C(=O)NCCCN. The molecule has 3 nitrogen and oxygen atoms in total. The molecule has 0 radical (unpaired) electrons. The molecule has 0 bridgehead atoms. The van der Waals surface area contributed by atoms with Crippen molar-refractivity contribution < 1.29 is 4.79 Å². The predicted molar refractivity (Wildman–Crippen MR) is 78.3 cm³/mol. The Bertz CT molecular complexity index is 382. The third-order valence-corrected chi connectivity index (χ3v) is 3.41. The van der Waals surface area contributed by atoms with E-state index in [-0.39, 0.29) is 11.8 Å². The summed E-state index contributed by atoms with van der Waals surface area (Å²) in [4.78, 5) is 12.0. The first-order valence-electron chi connectivity index (χ1n) is 6.39. The molecule has 0 saturated carbocycles. The van der Waals surface area contributed by atoms with Crippen molar-refractivity contribution in [1.82, 2.24) is 5.32 Å². The summed E-state index contributed by atoms with van der Waals surface area (Å²) in [6.45, 7) is 3.33. The van der Waals surface area contributed by atoms with Crippen molar-refractivity contribution in [3.8, 4) is 0 Å². The molecule has 1 unspecified atom stereocenters. The van der Waals surface area contributed by atoms with Gasteiger partial charge in [0.15, 0.2) is 0 Å². The van der Waals surface area contributed by atoms with E-state index in [1.807, 2.05) is 19.1 Å². The topological polar surface area (TPSA) is 55.1 Å². The lowest BCUT2D eigenvalue weighted by Crippen LogP contribution is -2.33. The van der Waals surface area contributed by atoms with E-state index >= 15 is 0 Å². The molecule has 1 aromatic carbocycles. The summed E-state index contributed by atoms with van der Waals surface area (Å²) in [5, 5.41) is 2.94. The molecule has 3 N–H and O–H groups in total. The summed E-state index contributed by atoms with van der Waals surface area (Å²) in [5.74, 6) is 0.169. The van der Waals surface area contributed by atoms with Gasteiger partial charge in [-0.3, -0.25) is 4.79 Å². The number of nitrogens with two attached hydrogens (primary N) is 1. The minimum absolute atomic E-state index is 0.0390. The zero-order valence-electron chi connectivity index (χ0n) is 10.8. The Morgan fingerprint density at radius 2 is 2.28 bits per heavy atom. The van der Waals surface area contributed by atoms with Crippen LogP contribution < -0.4 is 11.1 Å². The Balaban J connectivity index is 2.53. The number of rotatable bonds is 7. The van der Waals surface area contributed by atoms with E-state index < -0.39 is 0 Å². The number of halogens is 1. The molecule has 0 aliphatic rings. The predicted octanol–water partition coefficient (Wildman–Crippen LogP) is 2.48. The maximum Gasteiger partial charge on any atom is 0.223 e. The van der Waals surface area contributed by atoms with Gasteiger partial charge in [0.1, 0.15) is 0 Å². The van der Waals surface area contributed by atoms with Gasteiger partial charge in [0, 0.05) is 16.9 Å². The Kier molecular flexibility index (Phi) is 6.98. The number of carbonyl (C=O) groups is 1. The van der Waals surface area contributed by atoms with Gasteiger partial charge in [-0.1, -0.05) is 35.0 Å². The average molecular weight is 313 g/mol. The molecule has 0 heterocycles. The fourth-order valence-electron chi connectivity index (χ4n) is 1.83. The molecule has 1 atom stereocenters. The number of carbonyl (C=O) groups excluding carboxylic acids is 1. The van der Waals surface area contributed by atoms with E-state index in [9.17, 15) is 4.79 Å². The summed E-state index contributed by atoms with van der Waals surface area (Å²) in [5.41, 5.74) is 6.59. The van der Waals surface area contributed by atoms with Crippen molar-refractivity contribution in [3.63, 3.8) is 0 Å². The van der Waals surface area contributed by atoms with Crippen LogP contribution in [0.1, 0.15) is 25.3 Å². The van der Waals surface area contributed by atoms with Crippen LogP contribution in [0.25, 0.3) is 0 Å². The summed E-state index contributed by atoms with van der Waals surface area (Å²) < 4.78 is 1.05. The number of hydrogen-bond acceptors (Lipinski definition) is 2. The van der Waals surface area contributed by atoms with Gasteiger partial charge in [0.2, 0.25) is 5.91 Å². The largest absolute Gasteiger partial charge is 0.356 e. The minimum Gasteiger partial charge on any atom is -0.356 e. The second-order valence-corrected chi connectivity index (χ2v) is 5.29. The highest BCUT2D eigenvalue weighted by Crippen LogP contribution is 2.17. The highest BCUT2D eigenvalue weighted by Gasteiger charge is 2.16. The standard InChI is InChI=1S/C14H21BrN2O/c1-2-12(14(18)17-8-4-7-16)9-11-5-3-6-13(15)10-11/h3,5-6,10,12H,2,4,7-9,16H2,1H3,(H,17,18). The van der Waals surface area contributed by atoms with E-state index in [0.717, 1.165) is 23.7 Å². The molecule has 4 heteroatoms. The number of hydrogen-bond donors (Lipinski definition) is 2. The highest BCUT2D eigenvalue weighted by molar-refractivity contribution is 9.10. The van der Waals surface area contributed by atoms with E-state index in [4.69, 9.17) is 5.73 Å². The fraction of sp³-hybridized carbons (Fsp3) is 0.500. The van der Waals surface area contributed by atoms with Crippen molar-refractivity contribution in [1.29, 1.82) is 0 Å². The summed E-state index contributed by atoms with van der Waals surface area (Å²) in [6, 6.07) is 8.11. The van der Waals surface area contributed by atoms with E-state index in [0.29, 0.717) is 13.1 Å². The summed E-state index contributed by atoms with van der Waals surface area (Å²) in [6.07, 6.45) is 2.46. The smallest absolute Gasteiger partial charge is 0.223 e. The monoisotopic (exact) mass is 312 g/mol. The molecule has 0 saturated heterocycles. The Hall–Kier alpha value is -0.870. The van der Waals surface area contributed by atoms with Crippen LogP contribution in [0, 0.1) is 5.92 Å². The summed E-state index contributed by atoms with van der Waals surface area (Å²) in [7, 11) is 0. The van der Waals surface area contributed by atoms with E-state index in [1.165, 1.54) is 5.56 Å². The summed E-state index contributed by atoms with van der Waals surface area (Å²) >= 11 is 3.45. The van der Waals surface area contributed by atoms with Crippen molar-refractivity contribution in [2.75, 3.05) is 13.1 Å². The van der Waals surface area contributed by atoms with Crippen LogP contribution in [0.5, 0.6) is 0 Å². The lowest BCUT2D eigenvalue weighted by Gasteiger charge is -2.15. The van der Waals surface area contributed by atoms with Crippen LogP contribution in [0.3, 0.4) is 0 Å². The number of benzene rings is 1. The van der Waals surface area contributed by atoms with Gasteiger partial charge < -0.3 is 11.1 Å².